The number of hydrogen-bond acceptors (Lipinski definition) is 2. The Morgan fingerprint density at radius 1 is 1.12 bits per heavy atom. The number of phenolic OH excluding ortho intramolecular Hbond substituents is 1. The number of Topliss-reactive ketones (excluding diaryl/α,β-unsaturated/α-hetero) is 1. The normalized spacial score (nSPS) is 11.0. The number of benzene rings is 2. The Kier molecular flexibility index (Phi) is 3.14. The number of carbonyl (C=O) groups is 1. The van der Waals surface area contributed by atoms with Gasteiger partial charge in [0.05, 0.1) is 0 Å². The van der Waals surface area contributed by atoms with E-state index in [1.165, 1.54) is 0 Å². The molecule has 0 aliphatic heterocycles. The summed E-state index contributed by atoms with van der Waals surface area (Å²) in [5, 5.41) is 11.3. The van der Waals surface area contributed by atoms with Gasteiger partial charge in [0.2, 0.25) is 0 Å². The molecular formula is C15H16O2. The van der Waals surface area contributed by atoms with Crippen LogP contribution in [0, 0.1) is 5.92 Å². The minimum absolute atomic E-state index is 0.135. The van der Waals surface area contributed by atoms with Crippen LogP contribution in [-0.4, -0.2) is 10.9 Å². The number of aromatic hydroxyl groups is 1. The van der Waals surface area contributed by atoms with E-state index >= 15 is 0 Å². The topological polar surface area (TPSA) is 37.3 Å². The molecule has 0 heterocycles. The largest absolute Gasteiger partial charge is 0.507 e. The fourth-order valence-corrected chi connectivity index (χ4v) is 2.01. The Bertz CT molecular complexity index is 556. The molecule has 0 aliphatic carbocycles. The van der Waals surface area contributed by atoms with Crippen molar-refractivity contribution in [2.24, 2.45) is 5.92 Å². The Morgan fingerprint density at radius 3 is 2.41 bits per heavy atom. The Balaban J connectivity index is 2.55. The van der Waals surface area contributed by atoms with Crippen molar-refractivity contribution in [3.05, 3.63) is 42.0 Å². The summed E-state index contributed by atoms with van der Waals surface area (Å²) >= 11 is 0. The van der Waals surface area contributed by atoms with Crippen LogP contribution in [0.4, 0.5) is 0 Å². The fraction of sp³-hybridized carbons (Fsp3) is 0.267. The van der Waals surface area contributed by atoms with E-state index in [-0.39, 0.29) is 11.5 Å². The zero-order valence-electron chi connectivity index (χ0n) is 10.1. The number of carbonyl (C=O) groups excluding carboxylic acids is 1. The lowest BCUT2D eigenvalue weighted by molar-refractivity contribution is 0.0969. The first-order valence-electron chi connectivity index (χ1n) is 5.83. The van der Waals surface area contributed by atoms with E-state index in [4.69, 9.17) is 0 Å². The highest BCUT2D eigenvalue weighted by Crippen LogP contribution is 2.28. The van der Waals surface area contributed by atoms with Gasteiger partial charge in [0.15, 0.2) is 5.78 Å². The minimum Gasteiger partial charge on any atom is -0.507 e. The van der Waals surface area contributed by atoms with E-state index in [1.54, 1.807) is 12.1 Å². The van der Waals surface area contributed by atoms with Crippen molar-refractivity contribution in [2.75, 3.05) is 0 Å². The molecule has 0 atom stereocenters. The van der Waals surface area contributed by atoms with Gasteiger partial charge in [-0.2, -0.15) is 0 Å². The van der Waals surface area contributed by atoms with E-state index < -0.39 is 0 Å². The predicted octanol–water partition coefficient (Wildman–Crippen LogP) is 3.77. The molecule has 0 amide bonds. The fourth-order valence-electron chi connectivity index (χ4n) is 2.01. The smallest absolute Gasteiger partial charge is 0.163 e. The lowest BCUT2D eigenvalue weighted by atomic mass is 9.96. The maximum atomic E-state index is 12.1. The quantitative estimate of drug-likeness (QED) is 0.812. The minimum atomic E-state index is 0.135. The second kappa shape index (κ2) is 4.58. The molecule has 17 heavy (non-hydrogen) atoms. The van der Waals surface area contributed by atoms with Crippen LogP contribution in [0.3, 0.4) is 0 Å². The molecule has 0 radical (unpaired) electrons. The Labute approximate surface area is 101 Å². The Hall–Kier alpha value is -1.83. The van der Waals surface area contributed by atoms with Gasteiger partial charge in [0.25, 0.3) is 0 Å². The van der Waals surface area contributed by atoms with Crippen molar-refractivity contribution in [1.29, 1.82) is 0 Å². The summed E-state index contributed by atoms with van der Waals surface area (Å²) in [6, 6.07) is 10.8. The average Bonchev–Trinajstić information content (AvgIpc) is 2.29. The van der Waals surface area contributed by atoms with Gasteiger partial charge >= 0.3 is 0 Å². The number of fused-ring (bicyclic) bond motifs is 1. The highest BCUT2D eigenvalue weighted by molar-refractivity contribution is 6.09. The molecule has 0 unspecified atom stereocenters. The molecule has 0 saturated heterocycles. The second-order valence-electron chi connectivity index (χ2n) is 4.70. The highest BCUT2D eigenvalue weighted by Gasteiger charge is 2.12. The van der Waals surface area contributed by atoms with Crippen molar-refractivity contribution < 1.29 is 9.90 Å². The molecule has 0 bridgehead atoms. The predicted molar refractivity (Wildman–Crippen MR) is 69.4 cm³/mol. The summed E-state index contributed by atoms with van der Waals surface area (Å²) in [6.45, 7) is 4.06. The second-order valence-corrected chi connectivity index (χ2v) is 4.70. The molecule has 0 aliphatic rings. The average molecular weight is 228 g/mol. The van der Waals surface area contributed by atoms with E-state index in [9.17, 15) is 9.90 Å². The highest BCUT2D eigenvalue weighted by atomic mass is 16.3. The number of rotatable bonds is 3. The maximum Gasteiger partial charge on any atom is 0.163 e. The summed E-state index contributed by atoms with van der Waals surface area (Å²) in [4.78, 5) is 12.1. The third-order valence-electron chi connectivity index (χ3n) is 2.80. The molecule has 2 aromatic rings. The maximum absolute atomic E-state index is 12.1. The van der Waals surface area contributed by atoms with Crippen LogP contribution < -0.4 is 0 Å². The zero-order chi connectivity index (χ0) is 12.4. The number of hydrogen-bond donors (Lipinski definition) is 1. The van der Waals surface area contributed by atoms with Crippen LogP contribution in [0.2, 0.25) is 0 Å². The molecule has 2 nitrogen and oxygen atoms in total. The van der Waals surface area contributed by atoms with E-state index in [0.717, 1.165) is 10.8 Å². The van der Waals surface area contributed by atoms with Crippen molar-refractivity contribution >= 4 is 16.6 Å². The van der Waals surface area contributed by atoms with Crippen LogP contribution in [0.25, 0.3) is 10.8 Å². The zero-order valence-corrected chi connectivity index (χ0v) is 10.1. The van der Waals surface area contributed by atoms with E-state index in [0.29, 0.717) is 17.9 Å². The van der Waals surface area contributed by atoms with Gasteiger partial charge in [-0.1, -0.05) is 38.1 Å². The van der Waals surface area contributed by atoms with Crippen LogP contribution >= 0.6 is 0 Å². The van der Waals surface area contributed by atoms with Gasteiger partial charge in [-0.3, -0.25) is 4.79 Å². The van der Waals surface area contributed by atoms with Gasteiger partial charge in [-0.25, -0.2) is 0 Å². The first-order chi connectivity index (χ1) is 8.09. The molecule has 2 aromatic carbocycles. The van der Waals surface area contributed by atoms with Crippen molar-refractivity contribution in [3.63, 3.8) is 0 Å². The molecule has 2 heteroatoms. The Morgan fingerprint density at radius 2 is 1.76 bits per heavy atom. The molecule has 88 valence electrons. The summed E-state index contributed by atoms with van der Waals surface area (Å²) in [7, 11) is 0. The van der Waals surface area contributed by atoms with Gasteiger partial charge < -0.3 is 5.11 Å². The first-order valence-corrected chi connectivity index (χ1v) is 5.83. The molecule has 2 rings (SSSR count). The van der Waals surface area contributed by atoms with E-state index in [2.05, 4.69) is 0 Å². The van der Waals surface area contributed by atoms with Gasteiger partial charge in [-0.15, -0.1) is 0 Å². The third-order valence-corrected chi connectivity index (χ3v) is 2.80. The molecule has 0 spiro atoms. The summed E-state index contributed by atoms with van der Waals surface area (Å²) in [5.74, 6) is 0.702. The van der Waals surface area contributed by atoms with Crippen molar-refractivity contribution in [2.45, 2.75) is 20.3 Å². The van der Waals surface area contributed by atoms with Crippen molar-refractivity contribution in [1.82, 2.24) is 0 Å². The van der Waals surface area contributed by atoms with Crippen LogP contribution in [0.15, 0.2) is 36.4 Å². The first kappa shape index (κ1) is 11.6. The summed E-state index contributed by atoms with van der Waals surface area (Å²) in [5.41, 5.74) is 0.701. The molecular weight excluding hydrogens is 212 g/mol. The monoisotopic (exact) mass is 228 g/mol. The van der Waals surface area contributed by atoms with Crippen LogP contribution in [-0.2, 0) is 0 Å². The van der Waals surface area contributed by atoms with Crippen molar-refractivity contribution in [3.8, 4) is 5.75 Å². The SMILES string of the molecule is CC(C)CC(=O)c1ccc(O)c2ccccc12. The number of phenols is 1. The van der Waals surface area contributed by atoms with E-state index in [1.807, 2.05) is 38.1 Å². The van der Waals surface area contributed by atoms with Crippen LogP contribution in [0.5, 0.6) is 5.75 Å². The summed E-state index contributed by atoms with van der Waals surface area (Å²) in [6.07, 6.45) is 0.536. The summed E-state index contributed by atoms with van der Waals surface area (Å²) < 4.78 is 0. The molecule has 1 N–H and O–H groups in total. The lowest BCUT2D eigenvalue weighted by Crippen LogP contribution is -2.04. The standard InChI is InChI=1S/C15H16O2/c1-10(2)9-15(17)13-7-8-14(16)12-6-4-3-5-11(12)13/h3-8,10,16H,9H2,1-2H3. The third kappa shape index (κ3) is 2.31. The molecule has 0 fully saturated rings. The molecule has 0 aromatic heterocycles. The van der Waals surface area contributed by atoms with Crippen LogP contribution in [0.1, 0.15) is 30.6 Å². The van der Waals surface area contributed by atoms with Gasteiger partial charge in [0.1, 0.15) is 5.75 Å². The molecule has 0 saturated carbocycles. The van der Waals surface area contributed by atoms with Gasteiger partial charge in [-0.05, 0) is 23.4 Å². The number of ketones is 1. The lowest BCUT2D eigenvalue weighted by Gasteiger charge is -2.08. The van der Waals surface area contributed by atoms with Gasteiger partial charge in [0, 0.05) is 17.4 Å².